The Morgan fingerprint density at radius 3 is 2.83 bits per heavy atom. The smallest absolute Gasteiger partial charge is 0.413 e. The number of aromatic nitrogens is 2. The number of nitrogens with one attached hydrogen (secondary N) is 3. The molecule has 0 fully saturated rings. The summed E-state index contributed by atoms with van der Waals surface area (Å²) in [4.78, 5) is 11.8. The highest BCUT2D eigenvalue weighted by molar-refractivity contribution is 9.10. The molecule has 0 saturated carbocycles. The fourth-order valence-corrected chi connectivity index (χ4v) is 2.39. The molecule has 1 aromatic carbocycles. The zero-order chi connectivity index (χ0) is 16.9. The summed E-state index contributed by atoms with van der Waals surface area (Å²) in [5.41, 5.74) is 1.50. The molecule has 2 rings (SSSR count). The number of carbonyl (C=O) groups excluding carboxylic acids is 1. The SMILES string of the molecule is CC(C)(C)OC(=O)Nc1[nH]ncc1CNCc1cccc(Br)c1. The molecular weight excluding hydrogens is 360 g/mol. The van der Waals surface area contributed by atoms with Gasteiger partial charge in [0.2, 0.25) is 0 Å². The van der Waals surface area contributed by atoms with Crippen LogP contribution >= 0.6 is 15.9 Å². The molecule has 2 aromatic rings. The predicted octanol–water partition coefficient (Wildman–Crippen LogP) is 3.81. The van der Waals surface area contributed by atoms with Crippen LogP contribution in [0.1, 0.15) is 31.9 Å². The van der Waals surface area contributed by atoms with Gasteiger partial charge in [0.25, 0.3) is 0 Å². The normalized spacial score (nSPS) is 11.3. The number of aromatic amines is 1. The molecular formula is C16H21BrN4O2. The van der Waals surface area contributed by atoms with Crippen LogP contribution in [0.3, 0.4) is 0 Å². The lowest BCUT2D eigenvalue weighted by atomic mass is 10.2. The van der Waals surface area contributed by atoms with Gasteiger partial charge in [-0.3, -0.25) is 10.4 Å². The largest absolute Gasteiger partial charge is 0.444 e. The standard InChI is InChI=1S/C16H21BrN4O2/c1-16(2,3)23-15(22)20-14-12(10-19-21-14)9-18-8-11-5-4-6-13(17)7-11/h4-7,10,18H,8-9H2,1-3H3,(H2,19,20,21,22). The van der Waals surface area contributed by atoms with Crippen molar-refractivity contribution in [2.24, 2.45) is 0 Å². The highest BCUT2D eigenvalue weighted by Crippen LogP contribution is 2.15. The third-order valence-electron chi connectivity index (χ3n) is 2.88. The minimum Gasteiger partial charge on any atom is -0.444 e. The van der Waals surface area contributed by atoms with Crippen LogP contribution in [0.4, 0.5) is 10.6 Å². The van der Waals surface area contributed by atoms with Gasteiger partial charge in [0.1, 0.15) is 11.4 Å². The van der Waals surface area contributed by atoms with Gasteiger partial charge in [0.05, 0.1) is 6.20 Å². The zero-order valence-corrected chi connectivity index (χ0v) is 15.0. The van der Waals surface area contributed by atoms with Crippen molar-refractivity contribution in [2.45, 2.75) is 39.5 Å². The Kier molecular flexibility index (Phi) is 5.79. The van der Waals surface area contributed by atoms with Crippen molar-refractivity contribution in [3.05, 3.63) is 46.1 Å². The minimum atomic E-state index is -0.538. The molecule has 1 aromatic heterocycles. The molecule has 0 spiro atoms. The molecule has 0 saturated heterocycles. The number of carbonyl (C=O) groups is 1. The van der Waals surface area contributed by atoms with Gasteiger partial charge in [-0.15, -0.1) is 0 Å². The number of hydrogen-bond acceptors (Lipinski definition) is 4. The molecule has 0 aliphatic carbocycles. The molecule has 1 amide bonds. The van der Waals surface area contributed by atoms with E-state index >= 15 is 0 Å². The topological polar surface area (TPSA) is 79.0 Å². The van der Waals surface area contributed by atoms with E-state index in [2.05, 4.69) is 42.8 Å². The molecule has 0 atom stereocenters. The van der Waals surface area contributed by atoms with E-state index in [9.17, 15) is 4.79 Å². The number of amides is 1. The van der Waals surface area contributed by atoms with E-state index in [0.717, 1.165) is 16.6 Å². The Morgan fingerprint density at radius 2 is 2.13 bits per heavy atom. The summed E-state index contributed by atoms with van der Waals surface area (Å²) in [5, 5.41) is 12.7. The molecule has 0 aliphatic heterocycles. The summed E-state index contributed by atoms with van der Waals surface area (Å²) < 4.78 is 6.28. The molecule has 0 unspecified atom stereocenters. The summed E-state index contributed by atoms with van der Waals surface area (Å²) >= 11 is 3.45. The van der Waals surface area contributed by atoms with E-state index < -0.39 is 11.7 Å². The lowest BCUT2D eigenvalue weighted by Gasteiger charge is -2.19. The molecule has 0 aliphatic rings. The Morgan fingerprint density at radius 1 is 1.35 bits per heavy atom. The van der Waals surface area contributed by atoms with E-state index in [4.69, 9.17) is 4.74 Å². The van der Waals surface area contributed by atoms with Crippen molar-refractivity contribution in [3.8, 4) is 0 Å². The monoisotopic (exact) mass is 380 g/mol. The quantitative estimate of drug-likeness (QED) is 0.736. The molecule has 0 radical (unpaired) electrons. The van der Waals surface area contributed by atoms with Crippen molar-refractivity contribution in [1.82, 2.24) is 15.5 Å². The summed E-state index contributed by atoms with van der Waals surface area (Å²) in [7, 11) is 0. The number of rotatable bonds is 5. The van der Waals surface area contributed by atoms with Crippen LogP contribution in [-0.4, -0.2) is 21.9 Å². The maximum Gasteiger partial charge on any atom is 0.413 e. The van der Waals surface area contributed by atoms with Crippen molar-refractivity contribution < 1.29 is 9.53 Å². The second-order valence-electron chi connectivity index (χ2n) is 6.13. The van der Waals surface area contributed by atoms with Crippen LogP contribution in [0, 0.1) is 0 Å². The van der Waals surface area contributed by atoms with Crippen LogP contribution in [0.25, 0.3) is 0 Å². The maximum absolute atomic E-state index is 11.8. The van der Waals surface area contributed by atoms with Gasteiger partial charge in [-0.05, 0) is 38.5 Å². The highest BCUT2D eigenvalue weighted by atomic mass is 79.9. The van der Waals surface area contributed by atoms with E-state index in [1.165, 1.54) is 5.56 Å². The van der Waals surface area contributed by atoms with Crippen LogP contribution in [0.15, 0.2) is 34.9 Å². The number of benzene rings is 1. The van der Waals surface area contributed by atoms with Crippen LogP contribution in [-0.2, 0) is 17.8 Å². The molecule has 7 heteroatoms. The van der Waals surface area contributed by atoms with Gasteiger partial charge in [-0.2, -0.15) is 5.10 Å². The van der Waals surface area contributed by atoms with Gasteiger partial charge >= 0.3 is 6.09 Å². The lowest BCUT2D eigenvalue weighted by Crippen LogP contribution is -2.27. The second kappa shape index (κ2) is 7.61. The van der Waals surface area contributed by atoms with Crippen molar-refractivity contribution >= 4 is 27.8 Å². The first kappa shape index (κ1) is 17.5. The van der Waals surface area contributed by atoms with Crippen molar-refractivity contribution in [3.63, 3.8) is 0 Å². The van der Waals surface area contributed by atoms with Gasteiger partial charge < -0.3 is 10.1 Å². The fourth-order valence-electron chi connectivity index (χ4n) is 1.95. The predicted molar refractivity (Wildman–Crippen MR) is 93.1 cm³/mol. The Balaban J connectivity index is 1.87. The third kappa shape index (κ3) is 6.03. The van der Waals surface area contributed by atoms with Crippen molar-refractivity contribution in [2.75, 3.05) is 5.32 Å². The maximum atomic E-state index is 11.8. The number of anilines is 1. The Bertz CT molecular complexity index is 664. The van der Waals surface area contributed by atoms with Crippen molar-refractivity contribution in [1.29, 1.82) is 0 Å². The first-order chi connectivity index (χ1) is 10.8. The molecule has 0 bridgehead atoms. The number of halogens is 1. The molecule has 23 heavy (non-hydrogen) atoms. The second-order valence-corrected chi connectivity index (χ2v) is 7.05. The number of hydrogen-bond donors (Lipinski definition) is 3. The van der Waals surface area contributed by atoms with E-state index in [0.29, 0.717) is 12.4 Å². The molecule has 124 valence electrons. The fraction of sp³-hybridized carbons (Fsp3) is 0.375. The third-order valence-corrected chi connectivity index (χ3v) is 3.37. The average molecular weight is 381 g/mol. The zero-order valence-electron chi connectivity index (χ0n) is 13.4. The lowest BCUT2D eigenvalue weighted by molar-refractivity contribution is 0.0635. The summed E-state index contributed by atoms with van der Waals surface area (Å²) in [6.45, 7) is 6.75. The van der Waals surface area contributed by atoms with Crippen LogP contribution < -0.4 is 10.6 Å². The van der Waals surface area contributed by atoms with Crippen LogP contribution in [0.2, 0.25) is 0 Å². The van der Waals surface area contributed by atoms with E-state index in [1.807, 2.05) is 39.0 Å². The van der Waals surface area contributed by atoms with Gasteiger partial charge in [-0.1, -0.05) is 28.1 Å². The van der Waals surface area contributed by atoms with Gasteiger partial charge in [0.15, 0.2) is 0 Å². The Labute approximate surface area is 144 Å². The summed E-state index contributed by atoms with van der Waals surface area (Å²) in [6.07, 6.45) is 1.18. The summed E-state index contributed by atoms with van der Waals surface area (Å²) in [6, 6.07) is 8.09. The van der Waals surface area contributed by atoms with E-state index in [1.54, 1.807) is 6.20 Å². The number of H-pyrrole nitrogens is 1. The average Bonchev–Trinajstić information content (AvgIpc) is 2.84. The first-order valence-electron chi connectivity index (χ1n) is 7.31. The first-order valence-corrected chi connectivity index (χ1v) is 8.10. The van der Waals surface area contributed by atoms with Crippen LogP contribution in [0.5, 0.6) is 0 Å². The molecule has 6 nitrogen and oxygen atoms in total. The van der Waals surface area contributed by atoms with Gasteiger partial charge in [0, 0.05) is 23.1 Å². The number of ether oxygens (including phenoxy) is 1. The molecule has 3 N–H and O–H groups in total. The highest BCUT2D eigenvalue weighted by Gasteiger charge is 2.17. The Hall–Kier alpha value is -1.86. The summed E-state index contributed by atoms with van der Waals surface area (Å²) in [5.74, 6) is 0.543. The number of nitrogens with zero attached hydrogens (tertiary/aromatic N) is 1. The molecule has 1 heterocycles. The van der Waals surface area contributed by atoms with Gasteiger partial charge in [-0.25, -0.2) is 4.79 Å². The van der Waals surface area contributed by atoms with E-state index in [-0.39, 0.29) is 0 Å². The minimum absolute atomic E-state index is 0.505.